The summed E-state index contributed by atoms with van der Waals surface area (Å²) < 4.78 is 5.08. The summed E-state index contributed by atoms with van der Waals surface area (Å²) in [6.45, 7) is 1.89. The average molecular weight is 378 g/mol. The molecule has 0 heterocycles. The van der Waals surface area contributed by atoms with Crippen molar-refractivity contribution in [2.45, 2.75) is 19.6 Å². The number of ether oxygens (including phenoxy) is 1. The topological polar surface area (TPSA) is 55.4 Å². The van der Waals surface area contributed by atoms with Crippen molar-refractivity contribution in [1.82, 2.24) is 5.32 Å². The van der Waals surface area contributed by atoms with Gasteiger partial charge >= 0.3 is 5.97 Å². The Morgan fingerprint density at radius 2 is 1.84 bits per heavy atom. The second kappa shape index (κ2) is 9.25. The summed E-state index contributed by atoms with van der Waals surface area (Å²) in [5.41, 5.74) is 1.67. The van der Waals surface area contributed by atoms with Crippen LogP contribution >= 0.6 is 23.2 Å². The van der Waals surface area contributed by atoms with E-state index < -0.39 is 12.1 Å². The highest BCUT2D eigenvalue weighted by molar-refractivity contribution is 6.42. The molecule has 25 heavy (non-hydrogen) atoms. The highest BCUT2D eigenvalue weighted by Gasteiger charge is 2.16. The molecule has 0 aliphatic carbocycles. The summed E-state index contributed by atoms with van der Waals surface area (Å²) in [6, 6.07) is 14.5. The molecule has 0 unspecified atom stereocenters. The Hall–Kier alpha value is -2.30. The fourth-order valence-electron chi connectivity index (χ4n) is 1.98. The van der Waals surface area contributed by atoms with Gasteiger partial charge < -0.3 is 10.1 Å². The molecule has 0 spiro atoms. The molecule has 130 valence electrons. The Morgan fingerprint density at radius 1 is 1.12 bits per heavy atom. The van der Waals surface area contributed by atoms with Gasteiger partial charge in [0.25, 0.3) is 5.91 Å². The molecule has 0 fully saturated rings. The van der Waals surface area contributed by atoms with Crippen LogP contribution in [0.3, 0.4) is 0 Å². The van der Waals surface area contributed by atoms with E-state index in [0.717, 1.165) is 5.56 Å². The standard InChI is InChI=1S/C19H17Cl2NO3/c1-13(19(24)22-12-15-5-3-2-4-6-15)25-18(23)10-8-14-7-9-16(20)17(21)11-14/h2-11,13H,12H2,1H3,(H,22,24)/b10-8+/t13-/m1/s1. The number of carbonyl (C=O) groups excluding carboxylic acids is 2. The van der Waals surface area contributed by atoms with Gasteiger partial charge in [-0.3, -0.25) is 4.79 Å². The summed E-state index contributed by atoms with van der Waals surface area (Å²) in [6.07, 6.45) is 1.88. The number of hydrogen-bond donors (Lipinski definition) is 1. The molecule has 2 aromatic carbocycles. The first kappa shape index (κ1) is 19.0. The summed E-state index contributed by atoms with van der Waals surface area (Å²) in [5, 5.41) is 3.55. The molecule has 1 amide bonds. The average Bonchev–Trinajstić information content (AvgIpc) is 2.61. The Balaban J connectivity index is 1.83. The van der Waals surface area contributed by atoms with Crippen LogP contribution in [0.1, 0.15) is 18.1 Å². The van der Waals surface area contributed by atoms with E-state index in [-0.39, 0.29) is 5.91 Å². The lowest BCUT2D eigenvalue weighted by molar-refractivity contribution is -0.150. The SMILES string of the molecule is C[C@@H](OC(=O)/C=C/c1ccc(Cl)c(Cl)c1)C(=O)NCc1ccccc1. The monoisotopic (exact) mass is 377 g/mol. The highest BCUT2D eigenvalue weighted by Crippen LogP contribution is 2.23. The van der Waals surface area contributed by atoms with E-state index in [1.807, 2.05) is 30.3 Å². The predicted octanol–water partition coefficient (Wildman–Crippen LogP) is 4.25. The quantitative estimate of drug-likeness (QED) is 0.604. The maximum absolute atomic E-state index is 12.0. The van der Waals surface area contributed by atoms with Crippen LogP contribution in [-0.4, -0.2) is 18.0 Å². The molecule has 0 bridgehead atoms. The second-order valence-corrected chi connectivity index (χ2v) is 6.10. The van der Waals surface area contributed by atoms with E-state index >= 15 is 0 Å². The molecule has 1 atom stereocenters. The fraction of sp³-hybridized carbons (Fsp3) is 0.158. The Morgan fingerprint density at radius 3 is 2.52 bits per heavy atom. The summed E-state index contributed by atoms with van der Waals surface area (Å²) in [5.74, 6) is -0.978. The molecule has 0 aromatic heterocycles. The van der Waals surface area contributed by atoms with Crippen LogP contribution in [-0.2, 0) is 20.9 Å². The predicted molar refractivity (Wildman–Crippen MR) is 99.3 cm³/mol. The van der Waals surface area contributed by atoms with Gasteiger partial charge in [-0.1, -0.05) is 59.6 Å². The third kappa shape index (κ3) is 6.25. The molecule has 0 radical (unpaired) electrons. The molecule has 6 heteroatoms. The van der Waals surface area contributed by atoms with Gasteiger partial charge in [0.1, 0.15) is 0 Å². The molecular weight excluding hydrogens is 361 g/mol. The third-order valence-corrected chi connectivity index (χ3v) is 4.07. The van der Waals surface area contributed by atoms with E-state index in [9.17, 15) is 9.59 Å². The van der Waals surface area contributed by atoms with E-state index in [0.29, 0.717) is 22.2 Å². The second-order valence-electron chi connectivity index (χ2n) is 5.29. The number of hydrogen-bond acceptors (Lipinski definition) is 3. The lowest BCUT2D eigenvalue weighted by atomic mass is 10.2. The van der Waals surface area contributed by atoms with E-state index in [2.05, 4.69) is 5.32 Å². The maximum atomic E-state index is 12.0. The lowest BCUT2D eigenvalue weighted by Crippen LogP contribution is -2.35. The number of benzene rings is 2. The van der Waals surface area contributed by atoms with Crippen LogP contribution in [0.5, 0.6) is 0 Å². The van der Waals surface area contributed by atoms with Crippen molar-refractivity contribution >= 4 is 41.2 Å². The van der Waals surface area contributed by atoms with Crippen molar-refractivity contribution in [2.24, 2.45) is 0 Å². The minimum absolute atomic E-state index is 0.361. The van der Waals surface area contributed by atoms with Crippen LogP contribution in [0.25, 0.3) is 6.08 Å². The Kier molecular flexibility index (Phi) is 7.04. The molecular formula is C19H17Cl2NO3. The summed E-state index contributed by atoms with van der Waals surface area (Å²) >= 11 is 11.7. The highest BCUT2D eigenvalue weighted by atomic mass is 35.5. The van der Waals surface area contributed by atoms with E-state index in [1.54, 1.807) is 24.3 Å². The van der Waals surface area contributed by atoms with Crippen molar-refractivity contribution < 1.29 is 14.3 Å². The fourth-order valence-corrected chi connectivity index (χ4v) is 2.28. The van der Waals surface area contributed by atoms with E-state index in [1.165, 1.54) is 13.0 Å². The molecule has 1 N–H and O–H groups in total. The first-order valence-electron chi connectivity index (χ1n) is 7.61. The zero-order chi connectivity index (χ0) is 18.2. The molecule has 4 nitrogen and oxygen atoms in total. The molecule has 0 aliphatic rings. The first-order chi connectivity index (χ1) is 12.0. The van der Waals surface area contributed by atoms with Gasteiger partial charge in [-0.15, -0.1) is 0 Å². The smallest absolute Gasteiger partial charge is 0.331 e. The van der Waals surface area contributed by atoms with E-state index in [4.69, 9.17) is 27.9 Å². The van der Waals surface area contributed by atoms with Crippen LogP contribution in [0, 0.1) is 0 Å². The van der Waals surface area contributed by atoms with Gasteiger partial charge in [0.05, 0.1) is 10.0 Å². The number of halogens is 2. The lowest BCUT2D eigenvalue weighted by Gasteiger charge is -2.12. The Bertz CT molecular complexity index is 775. The number of esters is 1. The van der Waals surface area contributed by atoms with Gasteiger partial charge in [0, 0.05) is 12.6 Å². The van der Waals surface area contributed by atoms with Crippen molar-refractivity contribution in [1.29, 1.82) is 0 Å². The van der Waals surface area contributed by atoms with Crippen molar-refractivity contribution in [3.8, 4) is 0 Å². The molecule has 0 saturated carbocycles. The van der Waals surface area contributed by atoms with Gasteiger partial charge in [-0.2, -0.15) is 0 Å². The first-order valence-corrected chi connectivity index (χ1v) is 8.36. The largest absolute Gasteiger partial charge is 0.449 e. The molecule has 2 aromatic rings. The van der Waals surface area contributed by atoms with Gasteiger partial charge in [-0.25, -0.2) is 4.79 Å². The van der Waals surface area contributed by atoms with Crippen molar-refractivity contribution in [2.75, 3.05) is 0 Å². The minimum Gasteiger partial charge on any atom is -0.449 e. The van der Waals surface area contributed by atoms with Crippen molar-refractivity contribution in [3.63, 3.8) is 0 Å². The van der Waals surface area contributed by atoms with Crippen molar-refractivity contribution in [3.05, 3.63) is 75.8 Å². The van der Waals surface area contributed by atoms with Gasteiger partial charge in [-0.05, 0) is 36.3 Å². The molecule has 0 saturated heterocycles. The van der Waals surface area contributed by atoms with Gasteiger partial charge in [0.2, 0.25) is 0 Å². The van der Waals surface area contributed by atoms with Crippen LogP contribution in [0.2, 0.25) is 10.0 Å². The summed E-state index contributed by atoms with van der Waals surface area (Å²) in [7, 11) is 0. The van der Waals surface area contributed by atoms with Crippen LogP contribution in [0.15, 0.2) is 54.6 Å². The maximum Gasteiger partial charge on any atom is 0.331 e. The third-order valence-electron chi connectivity index (χ3n) is 3.33. The number of carbonyl (C=O) groups is 2. The molecule has 2 rings (SSSR count). The zero-order valence-electron chi connectivity index (χ0n) is 13.5. The normalized spacial score (nSPS) is 12.0. The zero-order valence-corrected chi connectivity index (χ0v) is 15.1. The van der Waals surface area contributed by atoms with Crippen LogP contribution < -0.4 is 5.32 Å². The number of rotatable bonds is 6. The molecule has 0 aliphatic heterocycles. The van der Waals surface area contributed by atoms with Gasteiger partial charge in [0.15, 0.2) is 6.10 Å². The Labute approximate surface area is 156 Å². The number of nitrogens with one attached hydrogen (secondary N) is 1. The number of amides is 1. The minimum atomic E-state index is -0.894. The summed E-state index contributed by atoms with van der Waals surface area (Å²) in [4.78, 5) is 23.8. The van der Waals surface area contributed by atoms with Crippen LogP contribution in [0.4, 0.5) is 0 Å².